The van der Waals surface area contributed by atoms with Gasteiger partial charge in [0.25, 0.3) is 0 Å². The molecule has 0 aromatic rings. The SMILES string of the molecule is COCOC(=O)[C@@H]1[C@H](C=CC(=O)OC(C)(C)C)C1(C)C. The van der Waals surface area contributed by atoms with Crippen LogP contribution in [0, 0.1) is 17.3 Å². The Bertz CT molecular complexity index is 403. The number of ether oxygens (including phenoxy) is 3. The molecule has 0 N–H and O–H groups in total. The molecule has 0 saturated heterocycles. The second-order valence-electron chi connectivity index (χ2n) is 6.59. The third kappa shape index (κ3) is 4.34. The highest BCUT2D eigenvalue weighted by molar-refractivity contribution is 5.83. The predicted molar refractivity (Wildman–Crippen MR) is 73.7 cm³/mol. The topological polar surface area (TPSA) is 61.8 Å². The molecule has 1 aliphatic carbocycles. The molecule has 0 radical (unpaired) electrons. The summed E-state index contributed by atoms with van der Waals surface area (Å²) in [5.74, 6) is -0.949. The van der Waals surface area contributed by atoms with Crippen molar-refractivity contribution in [1.29, 1.82) is 0 Å². The zero-order valence-electron chi connectivity index (χ0n) is 13.1. The molecule has 1 saturated carbocycles. The Labute approximate surface area is 120 Å². The highest BCUT2D eigenvalue weighted by atomic mass is 16.7. The van der Waals surface area contributed by atoms with E-state index in [0.717, 1.165) is 0 Å². The van der Waals surface area contributed by atoms with Crippen LogP contribution in [0.25, 0.3) is 0 Å². The summed E-state index contributed by atoms with van der Waals surface area (Å²) in [6.07, 6.45) is 3.12. The van der Waals surface area contributed by atoms with Crippen molar-refractivity contribution in [3.8, 4) is 0 Å². The average molecular weight is 284 g/mol. The van der Waals surface area contributed by atoms with Crippen LogP contribution >= 0.6 is 0 Å². The molecule has 0 amide bonds. The molecule has 0 bridgehead atoms. The minimum Gasteiger partial charge on any atom is -0.457 e. The van der Waals surface area contributed by atoms with Gasteiger partial charge in [-0.3, -0.25) is 4.79 Å². The van der Waals surface area contributed by atoms with Gasteiger partial charge in [0.2, 0.25) is 0 Å². The Hall–Kier alpha value is -1.36. The van der Waals surface area contributed by atoms with E-state index in [2.05, 4.69) is 0 Å². The first-order chi connectivity index (χ1) is 9.09. The monoisotopic (exact) mass is 284 g/mol. The van der Waals surface area contributed by atoms with E-state index in [4.69, 9.17) is 14.2 Å². The summed E-state index contributed by atoms with van der Waals surface area (Å²) < 4.78 is 14.9. The largest absolute Gasteiger partial charge is 0.457 e. The van der Waals surface area contributed by atoms with Crippen LogP contribution in [0.15, 0.2) is 12.2 Å². The van der Waals surface area contributed by atoms with E-state index in [0.29, 0.717) is 0 Å². The molecule has 0 unspecified atom stereocenters. The van der Waals surface area contributed by atoms with Gasteiger partial charge < -0.3 is 14.2 Å². The molecule has 0 heterocycles. The summed E-state index contributed by atoms with van der Waals surface area (Å²) in [5, 5.41) is 0. The van der Waals surface area contributed by atoms with Crippen LogP contribution in [-0.4, -0.2) is 31.4 Å². The minimum atomic E-state index is -0.517. The number of hydrogen-bond donors (Lipinski definition) is 0. The van der Waals surface area contributed by atoms with E-state index in [1.54, 1.807) is 6.08 Å². The molecule has 114 valence electrons. The third-order valence-corrected chi connectivity index (χ3v) is 3.33. The van der Waals surface area contributed by atoms with Crippen LogP contribution in [0.4, 0.5) is 0 Å². The molecule has 1 aliphatic rings. The van der Waals surface area contributed by atoms with Gasteiger partial charge in [-0.05, 0) is 32.1 Å². The molecule has 0 spiro atoms. The quantitative estimate of drug-likeness (QED) is 0.440. The van der Waals surface area contributed by atoms with E-state index < -0.39 is 11.6 Å². The lowest BCUT2D eigenvalue weighted by molar-refractivity contribution is -0.156. The van der Waals surface area contributed by atoms with Crippen molar-refractivity contribution in [2.75, 3.05) is 13.9 Å². The second-order valence-corrected chi connectivity index (χ2v) is 6.59. The van der Waals surface area contributed by atoms with Crippen molar-refractivity contribution in [1.82, 2.24) is 0 Å². The first kappa shape index (κ1) is 16.7. The molecule has 1 fully saturated rings. The summed E-state index contributed by atoms with van der Waals surface area (Å²) in [4.78, 5) is 23.4. The molecule has 0 aliphatic heterocycles. The first-order valence-electron chi connectivity index (χ1n) is 6.66. The van der Waals surface area contributed by atoms with Gasteiger partial charge in [0.1, 0.15) is 5.60 Å². The van der Waals surface area contributed by atoms with Crippen molar-refractivity contribution in [2.24, 2.45) is 17.3 Å². The number of carbonyl (C=O) groups is 2. The summed E-state index contributed by atoms with van der Waals surface area (Å²) in [6.45, 7) is 9.32. The third-order valence-electron chi connectivity index (χ3n) is 3.33. The number of rotatable bonds is 5. The van der Waals surface area contributed by atoms with Crippen molar-refractivity contribution < 1.29 is 23.8 Å². The fraction of sp³-hybridized carbons (Fsp3) is 0.733. The summed E-state index contributed by atoms with van der Waals surface area (Å²) in [6, 6.07) is 0. The van der Waals surface area contributed by atoms with Crippen LogP contribution < -0.4 is 0 Å². The lowest BCUT2D eigenvalue weighted by atomic mass is 10.1. The average Bonchev–Trinajstić information content (AvgIpc) is 2.83. The van der Waals surface area contributed by atoms with Crippen molar-refractivity contribution >= 4 is 11.9 Å². The van der Waals surface area contributed by atoms with Crippen molar-refractivity contribution in [3.05, 3.63) is 12.2 Å². The Morgan fingerprint density at radius 3 is 2.35 bits per heavy atom. The van der Waals surface area contributed by atoms with Gasteiger partial charge in [-0.15, -0.1) is 0 Å². The normalized spacial score (nSPS) is 24.5. The number of hydrogen-bond acceptors (Lipinski definition) is 5. The van der Waals surface area contributed by atoms with Crippen LogP contribution in [0.2, 0.25) is 0 Å². The number of esters is 2. The molecule has 5 heteroatoms. The molecular formula is C15H24O5. The van der Waals surface area contributed by atoms with Gasteiger partial charge >= 0.3 is 11.9 Å². The number of methoxy groups -OCH3 is 1. The molecule has 0 aromatic heterocycles. The molecule has 1 rings (SSSR count). The Morgan fingerprint density at radius 2 is 1.85 bits per heavy atom. The smallest absolute Gasteiger partial charge is 0.330 e. The van der Waals surface area contributed by atoms with Gasteiger partial charge in [-0.25, -0.2) is 4.79 Å². The molecule has 20 heavy (non-hydrogen) atoms. The fourth-order valence-electron chi connectivity index (χ4n) is 2.21. The number of carbonyl (C=O) groups excluding carboxylic acids is 2. The standard InChI is InChI=1S/C15H24O5/c1-14(2,3)20-11(16)8-7-10-12(15(10,4)5)13(17)19-9-18-6/h7-8,10,12H,9H2,1-6H3/t10-,12-/m0/s1. The summed E-state index contributed by atoms with van der Waals surface area (Å²) in [5.41, 5.74) is -0.722. The Balaban J connectivity index is 2.56. The maximum atomic E-state index is 11.8. The van der Waals surface area contributed by atoms with Crippen LogP contribution in [0.1, 0.15) is 34.6 Å². The van der Waals surface area contributed by atoms with Crippen molar-refractivity contribution in [3.63, 3.8) is 0 Å². The van der Waals surface area contributed by atoms with Gasteiger partial charge in [-0.2, -0.15) is 0 Å². The van der Waals surface area contributed by atoms with Crippen LogP contribution in [-0.2, 0) is 23.8 Å². The number of allylic oxidation sites excluding steroid dienone is 1. The molecular weight excluding hydrogens is 260 g/mol. The van der Waals surface area contributed by atoms with Gasteiger partial charge in [0.15, 0.2) is 6.79 Å². The minimum absolute atomic E-state index is 0.0145. The maximum absolute atomic E-state index is 11.8. The zero-order valence-corrected chi connectivity index (χ0v) is 13.1. The van der Waals surface area contributed by atoms with E-state index in [1.165, 1.54) is 13.2 Å². The Morgan fingerprint density at radius 1 is 1.25 bits per heavy atom. The van der Waals surface area contributed by atoms with Crippen molar-refractivity contribution in [2.45, 2.75) is 40.2 Å². The lowest BCUT2D eigenvalue weighted by Crippen LogP contribution is -2.22. The van der Waals surface area contributed by atoms with E-state index in [1.807, 2.05) is 34.6 Å². The fourth-order valence-corrected chi connectivity index (χ4v) is 2.21. The van der Waals surface area contributed by atoms with E-state index in [-0.39, 0.29) is 30.0 Å². The highest BCUT2D eigenvalue weighted by Crippen LogP contribution is 2.59. The van der Waals surface area contributed by atoms with E-state index >= 15 is 0 Å². The predicted octanol–water partition coefficient (Wildman–Crippen LogP) is 2.30. The second kappa shape index (κ2) is 5.95. The summed E-state index contributed by atoms with van der Waals surface area (Å²) >= 11 is 0. The van der Waals surface area contributed by atoms with Gasteiger partial charge in [0.05, 0.1) is 5.92 Å². The zero-order chi connectivity index (χ0) is 15.6. The van der Waals surface area contributed by atoms with Crippen LogP contribution in [0.5, 0.6) is 0 Å². The molecule has 0 aromatic carbocycles. The molecule has 5 nitrogen and oxygen atoms in total. The first-order valence-corrected chi connectivity index (χ1v) is 6.66. The lowest BCUT2D eigenvalue weighted by Gasteiger charge is -2.17. The maximum Gasteiger partial charge on any atom is 0.330 e. The van der Waals surface area contributed by atoms with E-state index in [9.17, 15) is 9.59 Å². The van der Waals surface area contributed by atoms with Gasteiger partial charge in [0, 0.05) is 13.2 Å². The highest BCUT2D eigenvalue weighted by Gasteiger charge is 2.61. The summed E-state index contributed by atoms with van der Waals surface area (Å²) in [7, 11) is 1.46. The van der Waals surface area contributed by atoms with Crippen LogP contribution in [0.3, 0.4) is 0 Å². The molecule has 2 atom stereocenters. The van der Waals surface area contributed by atoms with Gasteiger partial charge in [-0.1, -0.05) is 19.9 Å². The Kier molecular flexibility index (Phi) is 4.97.